The predicted octanol–water partition coefficient (Wildman–Crippen LogP) is 3.70. The molecule has 0 bridgehead atoms. The fraction of sp³-hybridized carbons (Fsp3) is 0.176. The highest BCUT2D eigenvalue weighted by atomic mass is 32.2. The minimum absolute atomic E-state index is 0.0486. The smallest absolute Gasteiger partial charge is 0.277 e. The Hall–Kier alpha value is -2.88. The lowest BCUT2D eigenvalue weighted by Crippen LogP contribution is -2.16. The van der Waals surface area contributed by atoms with E-state index in [0.717, 1.165) is 29.3 Å². The normalized spacial score (nSPS) is 12.2. The van der Waals surface area contributed by atoms with E-state index >= 15 is 0 Å². The second-order valence-electron chi connectivity index (χ2n) is 5.92. The number of aromatic nitrogens is 3. The highest BCUT2D eigenvalue weighted by Crippen LogP contribution is 2.34. The van der Waals surface area contributed by atoms with E-state index in [9.17, 15) is 21.6 Å². The Kier molecular flexibility index (Phi) is 4.68. The van der Waals surface area contributed by atoms with E-state index in [1.165, 1.54) is 29.5 Å². The summed E-state index contributed by atoms with van der Waals surface area (Å²) >= 11 is 0. The lowest BCUT2D eigenvalue weighted by Gasteiger charge is -2.16. The molecular formula is C17H15F3N4O2S. The van der Waals surface area contributed by atoms with Gasteiger partial charge in [0, 0.05) is 0 Å². The minimum atomic E-state index is -4.62. The number of hydrogen-bond donors (Lipinski definition) is 1. The molecule has 2 aromatic carbocycles. The maximum Gasteiger partial charge on any atom is 0.416 e. The molecule has 0 saturated heterocycles. The van der Waals surface area contributed by atoms with Crippen LogP contribution in [0.25, 0.3) is 5.69 Å². The number of rotatable bonds is 4. The van der Waals surface area contributed by atoms with E-state index in [2.05, 4.69) is 14.8 Å². The Morgan fingerprint density at radius 1 is 1.04 bits per heavy atom. The van der Waals surface area contributed by atoms with Crippen LogP contribution in [0.5, 0.6) is 0 Å². The second kappa shape index (κ2) is 6.69. The van der Waals surface area contributed by atoms with Gasteiger partial charge in [0.1, 0.15) is 12.7 Å². The Morgan fingerprint density at radius 3 is 2.37 bits per heavy atom. The summed E-state index contributed by atoms with van der Waals surface area (Å²) in [6, 6.07) is 7.21. The van der Waals surface area contributed by atoms with Crippen molar-refractivity contribution in [3.05, 3.63) is 65.7 Å². The first-order valence-electron chi connectivity index (χ1n) is 7.74. The molecule has 10 heteroatoms. The van der Waals surface area contributed by atoms with Crippen LogP contribution < -0.4 is 4.72 Å². The van der Waals surface area contributed by atoms with Crippen LogP contribution in [0.1, 0.15) is 16.7 Å². The monoisotopic (exact) mass is 396 g/mol. The number of aryl methyl sites for hydroxylation is 2. The van der Waals surface area contributed by atoms with Crippen molar-refractivity contribution >= 4 is 15.7 Å². The molecule has 0 amide bonds. The highest BCUT2D eigenvalue weighted by molar-refractivity contribution is 7.92. The zero-order valence-electron chi connectivity index (χ0n) is 14.3. The van der Waals surface area contributed by atoms with Gasteiger partial charge in [0.05, 0.1) is 21.8 Å². The van der Waals surface area contributed by atoms with Crippen molar-refractivity contribution in [1.29, 1.82) is 0 Å². The first kappa shape index (κ1) is 18.9. The molecule has 142 valence electrons. The van der Waals surface area contributed by atoms with Crippen molar-refractivity contribution in [2.24, 2.45) is 0 Å². The van der Waals surface area contributed by atoms with Crippen LogP contribution in [0.3, 0.4) is 0 Å². The van der Waals surface area contributed by atoms with Crippen LogP contribution >= 0.6 is 0 Å². The van der Waals surface area contributed by atoms with E-state index in [1.807, 2.05) is 6.92 Å². The summed E-state index contributed by atoms with van der Waals surface area (Å²) in [5, 5.41) is 3.86. The molecule has 1 N–H and O–H groups in total. The summed E-state index contributed by atoms with van der Waals surface area (Å²) in [4.78, 5) is 3.69. The van der Waals surface area contributed by atoms with E-state index in [1.54, 1.807) is 13.0 Å². The van der Waals surface area contributed by atoms with Gasteiger partial charge in [-0.2, -0.15) is 18.3 Å². The second-order valence-corrected chi connectivity index (χ2v) is 7.60. The van der Waals surface area contributed by atoms with Crippen LogP contribution in [-0.4, -0.2) is 23.2 Å². The van der Waals surface area contributed by atoms with Gasteiger partial charge < -0.3 is 0 Å². The Labute approximate surface area is 153 Å². The van der Waals surface area contributed by atoms with Gasteiger partial charge in [-0.15, -0.1) is 0 Å². The predicted molar refractivity (Wildman–Crippen MR) is 93.1 cm³/mol. The van der Waals surface area contributed by atoms with E-state index < -0.39 is 21.8 Å². The number of anilines is 1. The lowest BCUT2D eigenvalue weighted by molar-refractivity contribution is -0.137. The van der Waals surface area contributed by atoms with Crippen LogP contribution in [0.4, 0.5) is 18.9 Å². The first-order valence-corrected chi connectivity index (χ1v) is 9.22. The number of nitrogens with one attached hydrogen (secondary N) is 1. The van der Waals surface area contributed by atoms with Crippen molar-refractivity contribution in [2.75, 3.05) is 4.72 Å². The van der Waals surface area contributed by atoms with E-state index in [-0.39, 0.29) is 16.3 Å². The van der Waals surface area contributed by atoms with Gasteiger partial charge >= 0.3 is 6.18 Å². The summed E-state index contributed by atoms with van der Waals surface area (Å²) in [6.45, 7) is 3.58. The van der Waals surface area contributed by atoms with Gasteiger partial charge in [0.2, 0.25) is 0 Å². The molecule has 0 aliphatic carbocycles. The molecule has 3 aromatic rings. The summed E-state index contributed by atoms with van der Waals surface area (Å²) in [7, 11) is -4.11. The Balaban J connectivity index is 2.09. The third-order valence-corrected chi connectivity index (χ3v) is 5.39. The molecule has 0 radical (unpaired) electrons. The molecule has 0 unspecified atom stereocenters. The molecule has 1 heterocycles. The van der Waals surface area contributed by atoms with Crippen molar-refractivity contribution in [1.82, 2.24) is 14.8 Å². The average Bonchev–Trinajstić information content (AvgIpc) is 3.10. The standard InChI is InChI=1S/C17H15F3N4O2S/c1-11-3-5-14(7-12(11)2)27(25,26)23-15-8-13(17(18,19)20)4-6-16(15)24-10-21-9-22-24/h3-10,23H,1-2H3. The molecular weight excluding hydrogens is 381 g/mol. The topological polar surface area (TPSA) is 76.9 Å². The van der Waals surface area contributed by atoms with Crippen molar-refractivity contribution in [3.8, 4) is 5.69 Å². The van der Waals surface area contributed by atoms with Gasteiger partial charge in [-0.3, -0.25) is 4.72 Å². The van der Waals surface area contributed by atoms with Gasteiger partial charge in [-0.05, 0) is 55.3 Å². The van der Waals surface area contributed by atoms with Gasteiger partial charge in [0.25, 0.3) is 10.0 Å². The zero-order chi connectivity index (χ0) is 19.8. The van der Waals surface area contributed by atoms with E-state index in [0.29, 0.717) is 0 Å². The average molecular weight is 396 g/mol. The first-order chi connectivity index (χ1) is 12.6. The van der Waals surface area contributed by atoms with E-state index in [4.69, 9.17) is 0 Å². The summed E-state index contributed by atoms with van der Waals surface area (Å²) in [6.07, 6.45) is -2.17. The molecule has 27 heavy (non-hydrogen) atoms. The molecule has 0 aliphatic heterocycles. The quantitative estimate of drug-likeness (QED) is 0.730. The Morgan fingerprint density at radius 2 is 1.78 bits per heavy atom. The summed E-state index contributed by atoms with van der Waals surface area (Å²) in [5.74, 6) is 0. The molecule has 6 nitrogen and oxygen atoms in total. The molecule has 3 rings (SSSR count). The van der Waals surface area contributed by atoms with Crippen molar-refractivity contribution in [3.63, 3.8) is 0 Å². The molecule has 0 spiro atoms. The maximum absolute atomic E-state index is 13.1. The number of benzene rings is 2. The fourth-order valence-corrected chi connectivity index (χ4v) is 3.56. The number of hydrogen-bond acceptors (Lipinski definition) is 4. The molecule has 0 atom stereocenters. The third-order valence-electron chi connectivity index (χ3n) is 4.02. The summed E-state index contributed by atoms with van der Waals surface area (Å²) in [5.41, 5.74) is 0.528. The number of sulfonamides is 1. The number of alkyl halides is 3. The van der Waals surface area contributed by atoms with Crippen LogP contribution in [0, 0.1) is 13.8 Å². The number of halogens is 3. The molecule has 0 fully saturated rings. The number of nitrogens with zero attached hydrogens (tertiary/aromatic N) is 3. The highest BCUT2D eigenvalue weighted by Gasteiger charge is 2.32. The van der Waals surface area contributed by atoms with Crippen molar-refractivity contribution in [2.45, 2.75) is 24.9 Å². The zero-order valence-corrected chi connectivity index (χ0v) is 15.1. The SMILES string of the molecule is Cc1ccc(S(=O)(=O)Nc2cc(C(F)(F)F)ccc2-n2cncn2)cc1C. The van der Waals surface area contributed by atoms with Crippen LogP contribution in [0.15, 0.2) is 53.9 Å². The molecule has 1 aromatic heterocycles. The summed E-state index contributed by atoms with van der Waals surface area (Å²) < 4.78 is 68.1. The van der Waals surface area contributed by atoms with Gasteiger partial charge in [-0.1, -0.05) is 6.07 Å². The minimum Gasteiger partial charge on any atom is -0.277 e. The lowest BCUT2D eigenvalue weighted by atomic mass is 10.1. The van der Waals surface area contributed by atoms with Crippen LogP contribution in [0.2, 0.25) is 0 Å². The largest absolute Gasteiger partial charge is 0.416 e. The van der Waals surface area contributed by atoms with Crippen molar-refractivity contribution < 1.29 is 21.6 Å². The molecule has 0 saturated carbocycles. The fourth-order valence-electron chi connectivity index (χ4n) is 2.41. The maximum atomic E-state index is 13.1. The Bertz CT molecular complexity index is 1080. The van der Waals surface area contributed by atoms with Crippen LogP contribution in [-0.2, 0) is 16.2 Å². The molecule has 0 aliphatic rings. The van der Waals surface area contributed by atoms with Gasteiger partial charge in [-0.25, -0.2) is 18.1 Å². The van der Waals surface area contributed by atoms with Gasteiger partial charge in [0.15, 0.2) is 0 Å². The third kappa shape index (κ3) is 3.95.